The summed E-state index contributed by atoms with van der Waals surface area (Å²) in [6.07, 6.45) is -16.4. The Balaban J connectivity index is 1.65. The number of phenols is 3. The van der Waals surface area contributed by atoms with Crippen molar-refractivity contribution < 1.29 is 89.7 Å². The highest BCUT2D eigenvalue weighted by Crippen LogP contribution is 2.42. The van der Waals surface area contributed by atoms with Gasteiger partial charge in [-0.2, -0.15) is 0 Å². The third-order valence-corrected chi connectivity index (χ3v) is 7.50. The fourth-order valence-electron chi connectivity index (χ4n) is 5.01. The molecule has 2 aromatic carbocycles. The second-order valence-electron chi connectivity index (χ2n) is 10.6. The molecule has 0 radical (unpaired) electrons. The lowest BCUT2D eigenvalue weighted by molar-refractivity contribution is -0.422. The minimum absolute atomic E-state index is 0.328. The molecule has 2 aliphatic heterocycles. The highest BCUT2D eigenvalue weighted by molar-refractivity contribution is 5.88. The van der Waals surface area contributed by atoms with Gasteiger partial charge in [-0.15, -0.1) is 0 Å². The Labute approximate surface area is 255 Å². The molecule has 19 nitrogen and oxygen atoms in total. The largest absolute Gasteiger partial charge is 0.508 e. The molecule has 2 fully saturated rings. The van der Waals surface area contributed by atoms with Gasteiger partial charge in [-0.3, -0.25) is 4.79 Å². The molecule has 0 saturated carbocycles. The van der Waals surface area contributed by atoms with Gasteiger partial charge in [0.05, 0.1) is 13.2 Å². The second-order valence-corrected chi connectivity index (χ2v) is 10.6. The molecular formula is C27H30O19. The van der Waals surface area contributed by atoms with Crippen molar-refractivity contribution in [1.29, 1.82) is 0 Å². The summed E-state index contributed by atoms with van der Waals surface area (Å²) in [7, 11) is 0. The lowest BCUT2D eigenvalue weighted by atomic mass is 9.97. The molecule has 3 heterocycles. The highest BCUT2D eigenvalue weighted by atomic mass is 16.8. The van der Waals surface area contributed by atoms with E-state index in [0.29, 0.717) is 0 Å². The van der Waals surface area contributed by atoms with Gasteiger partial charge >= 0.3 is 11.9 Å². The number of rotatable bonds is 7. The lowest BCUT2D eigenvalue weighted by Crippen LogP contribution is -2.67. The van der Waals surface area contributed by atoms with E-state index in [1.54, 1.807) is 0 Å². The zero-order valence-electron chi connectivity index (χ0n) is 23.2. The van der Waals surface area contributed by atoms with Crippen molar-refractivity contribution in [3.63, 3.8) is 0 Å². The van der Waals surface area contributed by atoms with E-state index in [1.165, 1.54) is 0 Å². The summed E-state index contributed by atoms with van der Waals surface area (Å²) in [5.41, 5.74) is -2.08. The highest BCUT2D eigenvalue weighted by Gasteiger charge is 2.57. The van der Waals surface area contributed by atoms with E-state index < -0.39 is 125 Å². The summed E-state index contributed by atoms with van der Waals surface area (Å²) in [6.45, 7) is -1.96. The minimum atomic E-state index is -3.36. The van der Waals surface area contributed by atoms with Crippen LogP contribution >= 0.6 is 0 Å². The third-order valence-electron chi connectivity index (χ3n) is 7.50. The summed E-state index contributed by atoms with van der Waals surface area (Å²) < 4.78 is 26.4. The fourth-order valence-corrected chi connectivity index (χ4v) is 5.01. The number of benzene rings is 2. The van der Waals surface area contributed by atoms with Gasteiger partial charge in [0.25, 0.3) is 0 Å². The number of aliphatic hydroxyl groups is 10. The van der Waals surface area contributed by atoms with Gasteiger partial charge in [0, 0.05) is 17.7 Å². The third kappa shape index (κ3) is 5.57. The molecule has 3 aromatic rings. The fraction of sp³-hybridized carbons (Fsp3) is 0.444. The Bertz CT molecular complexity index is 1660. The zero-order chi connectivity index (χ0) is 33.9. The van der Waals surface area contributed by atoms with Gasteiger partial charge in [0.1, 0.15) is 59.1 Å². The first-order valence-corrected chi connectivity index (χ1v) is 13.4. The molecule has 0 aliphatic carbocycles. The van der Waals surface area contributed by atoms with Gasteiger partial charge < -0.3 is 89.7 Å². The number of hydrogen-bond donors (Lipinski definition) is 13. The van der Waals surface area contributed by atoms with Crippen LogP contribution < -0.4 is 14.9 Å². The van der Waals surface area contributed by atoms with E-state index in [1.807, 2.05) is 0 Å². The van der Waals surface area contributed by atoms with Gasteiger partial charge in [0.2, 0.25) is 11.2 Å². The number of ether oxygens (including phenoxy) is 4. The SMILES string of the molecule is O=c1c(O[C@]2(O)O[C@@H](CO)[C@H](O)[C@@H](O)[C@@H]2O)c(-c2ccc(O)c(O[C@@]3(O)O[C@H](CO)[C@@H](O)[C@H](O)[C@H]3O)c2)oc2cc(O)cc(O)c12. The van der Waals surface area contributed by atoms with Crippen molar-refractivity contribution in [2.75, 3.05) is 13.2 Å². The molecule has 0 bridgehead atoms. The average Bonchev–Trinajstić information content (AvgIpc) is 3.01. The van der Waals surface area contributed by atoms with Crippen LogP contribution in [0.2, 0.25) is 0 Å². The van der Waals surface area contributed by atoms with Crippen molar-refractivity contribution in [2.45, 2.75) is 60.8 Å². The second kappa shape index (κ2) is 12.1. The standard InChI is InChI=1S/C27H30O19/c28-6-14-17(33)20(36)24(38)26(40,44-14)43-12-3-8(1-2-10(12)31)22-23(19(35)16-11(32)4-9(30)5-13(16)42-22)46-27(41)25(39)21(37)18(34)15(7-29)45-27/h1-5,14-15,17-18,20-21,24-25,28-34,36-41H,6-7H2/t14-,15+,17-,18+,20+,21-,24-,25+,26-,27-/m1/s1. The number of aliphatic hydroxyl groups excluding tert-OH is 8. The minimum Gasteiger partial charge on any atom is -0.508 e. The monoisotopic (exact) mass is 658 g/mol. The van der Waals surface area contributed by atoms with Gasteiger partial charge in [0.15, 0.2) is 29.5 Å². The first kappa shape index (κ1) is 33.5. The van der Waals surface area contributed by atoms with Gasteiger partial charge in [-0.25, -0.2) is 0 Å². The number of aromatic hydroxyl groups is 3. The average molecular weight is 659 g/mol. The van der Waals surface area contributed by atoms with Crippen LogP contribution in [0.3, 0.4) is 0 Å². The molecular weight excluding hydrogens is 628 g/mol. The van der Waals surface area contributed by atoms with Crippen molar-refractivity contribution in [3.8, 4) is 40.1 Å². The van der Waals surface area contributed by atoms with Crippen LogP contribution in [-0.4, -0.2) is 140 Å². The Morgan fingerprint density at radius 1 is 0.717 bits per heavy atom. The Kier molecular flexibility index (Phi) is 8.80. The van der Waals surface area contributed by atoms with Crippen LogP contribution in [-0.2, 0) is 9.47 Å². The molecule has 10 atom stereocenters. The summed E-state index contributed by atoms with van der Waals surface area (Å²) in [4.78, 5) is 13.7. The van der Waals surface area contributed by atoms with Crippen molar-refractivity contribution >= 4 is 11.0 Å². The van der Waals surface area contributed by atoms with E-state index >= 15 is 0 Å². The van der Waals surface area contributed by atoms with Gasteiger partial charge in [-0.05, 0) is 18.2 Å². The van der Waals surface area contributed by atoms with Crippen LogP contribution in [0.25, 0.3) is 22.3 Å². The molecule has 2 aliphatic rings. The topological polar surface area (TPSA) is 330 Å². The van der Waals surface area contributed by atoms with E-state index in [9.17, 15) is 71.2 Å². The molecule has 0 unspecified atom stereocenters. The van der Waals surface area contributed by atoms with Crippen molar-refractivity contribution in [2.24, 2.45) is 0 Å². The summed E-state index contributed by atoms with van der Waals surface area (Å²) in [5, 5.41) is 132. The molecule has 19 heteroatoms. The molecule has 13 N–H and O–H groups in total. The maximum atomic E-state index is 13.7. The predicted molar refractivity (Wildman–Crippen MR) is 144 cm³/mol. The first-order valence-electron chi connectivity index (χ1n) is 13.4. The quantitative estimate of drug-likeness (QED) is 0.106. The van der Waals surface area contributed by atoms with E-state index in [0.717, 1.165) is 30.3 Å². The molecule has 46 heavy (non-hydrogen) atoms. The van der Waals surface area contributed by atoms with E-state index in [2.05, 4.69) is 0 Å². The van der Waals surface area contributed by atoms with Crippen LogP contribution in [0.5, 0.6) is 28.7 Å². The molecule has 2 saturated heterocycles. The Morgan fingerprint density at radius 3 is 1.80 bits per heavy atom. The predicted octanol–water partition coefficient (Wildman–Crippen LogP) is -4.43. The maximum Gasteiger partial charge on any atom is 0.355 e. The molecule has 252 valence electrons. The Morgan fingerprint density at radius 2 is 1.26 bits per heavy atom. The molecule has 0 amide bonds. The van der Waals surface area contributed by atoms with Crippen LogP contribution in [0.15, 0.2) is 39.5 Å². The molecule has 0 spiro atoms. The molecule has 1 aromatic heterocycles. The summed E-state index contributed by atoms with van der Waals surface area (Å²) in [5.74, 6) is -11.2. The van der Waals surface area contributed by atoms with Crippen LogP contribution in [0.4, 0.5) is 0 Å². The zero-order valence-corrected chi connectivity index (χ0v) is 23.2. The Hall–Kier alpha value is -3.83. The van der Waals surface area contributed by atoms with Crippen molar-refractivity contribution in [3.05, 3.63) is 40.6 Å². The van der Waals surface area contributed by atoms with E-state index in [4.69, 9.17) is 23.4 Å². The molecule has 5 rings (SSSR count). The number of fused-ring (bicyclic) bond motifs is 1. The summed E-state index contributed by atoms with van der Waals surface area (Å²) >= 11 is 0. The van der Waals surface area contributed by atoms with E-state index in [-0.39, 0.29) is 5.56 Å². The summed E-state index contributed by atoms with van der Waals surface area (Å²) in [6, 6.07) is 4.45. The lowest BCUT2D eigenvalue weighted by Gasteiger charge is -2.44. The first-order chi connectivity index (χ1) is 21.5. The number of hydrogen-bond acceptors (Lipinski definition) is 19. The van der Waals surface area contributed by atoms with Crippen LogP contribution in [0.1, 0.15) is 0 Å². The normalized spacial score (nSPS) is 34.8. The maximum absolute atomic E-state index is 13.7. The number of phenolic OH excluding ortho intramolecular Hbond substituents is 3. The van der Waals surface area contributed by atoms with Crippen molar-refractivity contribution in [1.82, 2.24) is 0 Å². The van der Waals surface area contributed by atoms with Crippen LogP contribution in [0, 0.1) is 0 Å². The van der Waals surface area contributed by atoms with Gasteiger partial charge in [-0.1, -0.05) is 0 Å². The smallest absolute Gasteiger partial charge is 0.355 e.